The number of hydrogen-bond donors (Lipinski definition) is 1. The lowest BCUT2D eigenvalue weighted by atomic mass is 10.2. The summed E-state index contributed by atoms with van der Waals surface area (Å²) in [7, 11) is 0. The number of hydrogen-bond acceptors (Lipinski definition) is 5. The van der Waals surface area contributed by atoms with Crippen molar-refractivity contribution >= 4 is 5.82 Å². The Hall–Kier alpha value is -1.88. The molecule has 0 saturated heterocycles. The SMILES string of the molecule is CCCNc1cc(-c2ccoc2)nc(COCC)n1. The van der Waals surface area contributed by atoms with Gasteiger partial charge in [-0.25, -0.2) is 9.97 Å². The van der Waals surface area contributed by atoms with Gasteiger partial charge < -0.3 is 14.5 Å². The first-order chi connectivity index (χ1) is 9.33. The third-order valence-corrected chi connectivity index (χ3v) is 2.58. The molecule has 0 aliphatic carbocycles. The van der Waals surface area contributed by atoms with Crippen LogP contribution in [0.2, 0.25) is 0 Å². The number of aromatic nitrogens is 2. The molecule has 0 fully saturated rings. The fourth-order valence-electron chi connectivity index (χ4n) is 1.66. The van der Waals surface area contributed by atoms with Gasteiger partial charge >= 0.3 is 0 Å². The summed E-state index contributed by atoms with van der Waals surface area (Å²) in [6.07, 6.45) is 4.36. The third-order valence-electron chi connectivity index (χ3n) is 2.58. The van der Waals surface area contributed by atoms with Gasteiger partial charge in [0, 0.05) is 24.8 Å². The molecule has 1 N–H and O–H groups in total. The van der Waals surface area contributed by atoms with Crippen LogP contribution in [0.1, 0.15) is 26.1 Å². The smallest absolute Gasteiger partial charge is 0.157 e. The summed E-state index contributed by atoms with van der Waals surface area (Å²) in [5.41, 5.74) is 1.79. The third kappa shape index (κ3) is 3.79. The number of nitrogens with zero attached hydrogens (tertiary/aromatic N) is 2. The molecule has 102 valence electrons. The number of rotatable bonds is 7. The lowest BCUT2D eigenvalue weighted by Gasteiger charge is -2.08. The molecule has 5 heteroatoms. The zero-order valence-electron chi connectivity index (χ0n) is 11.3. The molecule has 0 atom stereocenters. The zero-order chi connectivity index (χ0) is 13.5. The van der Waals surface area contributed by atoms with E-state index in [4.69, 9.17) is 9.15 Å². The average Bonchev–Trinajstić information content (AvgIpc) is 2.97. The largest absolute Gasteiger partial charge is 0.472 e. The summed E-state index contributed by atoms with van der Waals surface area (Å²) in [5, 5.41) is 3.28. The summed E-state index contributed by atoms with van der Waals surface area (Å²) in [4.78, 5) is 8.93. The summed E-state index contributed by atoms with van der Waals surface area (Å²) in [5.74, 6) is 1.50. The van der Waals surface area contributed by atoms with E-state index in [9.17, 15) is 0 Å². The summed E-state index contributed by atoms with van der Waals surface area (Å²) in [6.45, 7) is 6.03. The Labute approximate surface area is 113 Å². The standard InChI is InChI=1S/C14H19N3O2/c1-3-6-15-13-8-12(11-5-7-19-9-11)16-14(17-13)10-18-4-2/h5,7-9H,3-4,6,10H2,1-2H3,(H,15,16,17). The Balaban J connectivity index is 2.25. The van der Waals surface area contributed by atoms with Crippen molar-refractivity contribution < 1.29 is 9.15 Å². The second-order valence-corrected chi connectivity index (χ2v) is 4.13. The van der Waals surface area contributed by atoms with Gasteiger partial charge in [-0.1, -0.05) is 6.92 Å². The van der Waals surface area contributed by atoms with Gasteiger partial charge in [0.15, 0.2) is 5.82 Å². The first-order valence-corrected chi connectivity index (χ1v) is 6.55. The lowest BCUT2D eigenvalue weighted by Crippen LogP contribution is -2.07. The van der Waals surface area contributed by atoms with Crippen molar-refractivity contribution in [2.75, 3.05) is 18.5 Å². The van der Waals surface area contributed by atoms with Crippen LogP contribution in [0.4, 0.5) is 5.82 Å². The van der Waals surface area contributed by atoms with Crippen molar-refractivity contribution in [2.24, 2.45) is 0 Å². The first kappa shape index (κ1) is 13.5. The fraction of sp³-hybridized carbons (Fsp3) is 0.429. The van der Waals surface area contributed by atoms with E-state index in [1.807, 2.05) is 19.1 Å². The second-order valence-electron chi connectivity index (χ2n) is 4.13. The molecule has 0 aromatic carbocycles. The highest BCUT2D eigenvalue weighted by atomic mass is 16.5. The van der Waals surface area contributed by atoms with Crippen LogP contribution in [0.15, 0.2) is 29.1 Å². The molecule has 0 spiro atoms. The quantitative estimate of drug-likeness (QED) is 0.829. The maximum absolute atomic E-state index is 5.38. The molecular formula is C14H19N3O2. The van der Waals surface area contributed by atoms with E-state index < -0.39 is 0 Å². The minimum atomic E-state index is 0.420. The van der Waals surface area contributed by atoms with Gasteiger partial charge in [-0.05, 0) is 19.4 Å². The van der Waals surface area contributed by atoms with Crippen molar-refractivity contribution in [3.05, 3.63) is 30.5 Å². The molecule has 2 rings (SSSR count). The molecule has 0 saturated carbocycles. The van der Waals surface area contributed by atoms with Gasteiger partial charge in [-0.15, -0.1) is 0 Å². The average molecular weight is 261 g/mol. The van der Waals surface area contributed by atoms with Crippen molar-refractivity contribution in [3.8, 4) is 11.3 Å². The van der Waals surface area contributed by atoms with Crippen molar-refractivity contribution in [1.82, 2.24) is 9.97 Å². The Morgan fingerprint density at radius 1 is 1.32 bits per heavy atom. The topological polar surface area (TPSA) is 60.2 Å². The monoisotopic (exact) mass is 261 g/mol. The van der Waals surface area contributed by atoms with Gasteiger partial charge in [0.1, 0.15) is 12.4 Å². The predicted molar refractivity (Wildman–Crippen MR) is 73.8 cm³/mol. The molecule has 2 heterocycles. The van der Waals surface area contributed by atoms with E-state index in [-0.39, 0.29) is 0 Å². The number of furan rings is 1. The van der Waals surface area contributed by atoms with Crippen LogP contribution in [-0.2, 0) is 11.3 Å². The first-order valence-electron chi connectivity index (χ1n) is 6.55. The van der Waals surface area contributed by atoms with Gasteiger partial charge in [0.2, 0.25) is 0 Å². The highest BCUT2D eigenvalue weighted by molar-refractivity contribution is 5.61. The van der Waals surface area contributed by atoms with Gasteiger partial charge in [0.05, 0.1) is 18.2 Å². The van der Waals surface area contributed by atoms with Crippen LogP contribution in [0.5, 0.6) is 0 Å². The van der Waals surface area contributed by atoms with Crippen LogP contribution < -0.4 is 5.32 Å². The van der Waals surface area contributed by atoms with Crippen molar-refractivity contribution in [2.45, 2.75) is 26.9 Å². The van der Waals surface area contributed by atoms with Gasteiger partial charge in [-0.2, -0.15) is 0 Å². The maximum atomic E-state index is 5.38. The molecule has 0 unspecified atom stereocenters. The molecule has 0 radical (unpaired) electrons. The van der Waals surface area contributed by atoms with Gasteiger partial charge in [0.25, 0.3) is 0 Å². The summed E-state index contributed by atoms with van der Waals surface area (Å²) in [6, 6.07) is 3.81. The molecular weight excluding hydrogens is 242 g/mol. The van der Waals surface area contributed by atoms with E-state index >= 15 is 0 Å². The van der Waals surface area contributed by atoms with Gasteiger partial charge in [-0.3, -0.25) is 0 Å². The van der Waals surface area contributed by atoms with E-state index in [0.717, 1.165) is 30.0 Å². The van der Waals surface area contributed by atoms with Crippen LogP contribution >= 0.6 is 0 Å². The number of ether oxygens (including phenoxy) is 1. The fourth-order valence-corrected chi connectivity index (χ4v) is 1.66. The number of nitrogens with one attached hydrogen (secondary N) is 1. The van der Waals surface area contributed by atoms with Crippen LogP contribution in [-0.4, -0.2) is 23.1 Å². The molecule has 2 aromatic heterocycles. The minimum Gasteiger partial charge on any atom is -0.472 e. The minimum absolute atomic E-state index is 0.420. The Bertz CT molecular complexity index is 471. The molecule has 0 aliphatic heterocycles. The zero-order valence-corrected chi connectivity index (χ0v) is 11.3. The molecule has 5 nitrogen and oxygen atoms in total. The van der Waals surface area contributed by atoms with E-state index in [2.05, 4.69) is 22.2 Å². The summed E-state index contributed by atoms with van der Waals surface area (Å²) >= 11 is 0. The predicted octanol–water partition coefficient (Wildman–Crippen LogP) is 3.10. The lowest BCUT2D eigenvalue weighted by molar-refractivity contribution is 0.128. The number of anilines is 1. The molecule has 0 aliphatic rings. The molecule has 19 heavy (non-hydrogen) atoms. The molecule has 0 bridgehead atoms. The van der Waals surface area contributed by atoms with E-state index in [1.165, 1.54) is 0 Å². The van der Waals surface area contributed by atoms with E-state index in [1.54, 1.807) is 12.5 Å². The second kappa shape index (κ2) is 6.89. The Morgan fingerprint density at radius 2 is 2.21 bits per heavy atom. The highest BCUT2D eigenvalue weighted by Crippen LogP contribution is 2.20. The van der Waals surface area contributed by atoms with Crippen LogP contribution in [0.3, 0.4) is 0 Å². The highest BCUT2D eigenvalue weighted by Gasteiger charge is 2.07. The molecule has 2 aromatic rings. The maximum Gasteiger partial charge on any atom is 0.157 e. The summed E-state index contributed by atoms with van der Waals surface area (Å²) < 4.78 is 10.5. The van der Waals surface area contributed by atoms with Crippen molar-refractivity contribution in [1.29, 1.82) is 0 Å². The molecule has 0 amide bonds. The van der Waals surface area contributed by atoms with E-state index in [0.29, 0.717) is 19.0 Å². The van der Waals surface area contributed by atoms with Crippen LogP contribution in [0, 0.1) is 0 Å². The van der Waals surface area contributed by atoms with Crippen LogP contribution in [0.25, 0.3) is 11.3 Å². The Kier molecular flexibility index (Phi) is 4.92. The Morgan fingerprint density at radius 3 is 2.89 bits per heavy atom. The van der Waals surface area contributed by atoms with Crippen molar-refractivity contribution in [3.63, 3.8) is 0 Å². The normalized spacial score (nSPS) is 10.6.